The van der Waals surface area contributed by atoms with Crippen molar-refractivity contribution in [2.45, 2.75) is 12.5 Å². The van der Waals surface area contributed by atoms with E-state index in [0.717, 1.165) is 18.3 Å². The topological polar surface area (TPSA) is 113 Å². The molecule has 0 saturated carbocycles. The van der Waals surface area contributed by atoms with Crippen LogP contribution in [0.1, 0.15) is 16.8 Å². The van der Waals surface area contributed by atoms with Gasteiger partial charge in [0.2, 0.25) is 11.3 Å². The number of aliphatic hydroxyl groups is 1. The molecule has 0 spiro atoms. The molecule has 1 fully saturated rings. The van der Waals surface area contributed by atoms with Crippen molar-refractivity contribution in [2.24, 2.45) is 0 Å². The van der Waals surface area contributed by atoms with Crippen molar-refractivity contribution in [1.29, 1.82) is 0 Å². The first-order valence-electron chi connectivity index (χ1n) is 8.60. The molecule has 0 bridgehead atoms. The summed E-state index contributed by atoms with van der Waals surface area (Å²) in [5.74, 6) is -2.40. The molecular formula is C19H12Cl2FN3O5. The summed E-state index contributed by atoms with van der Waals surface area (Å²) >= 11 is 12.3. The van der Waals surface area contributed by atoms with Gasteiger partial charge in [-0.05, 0) is 24.3 Å². The molecule has 8 nitrogen and oxygen atoms in total. The quantitative estimate of drug-likeness (QED) is 0.632. The van der Waals surface area contributed by atoms with Crippen LogP contribution in [0.25, 0.3) is 16.7 Å². The summed E-state index contributed by atoms with van der Waals surface area (Å²) in [6, 6.07) is 4.67. The molecule has 30 heavy (non-hydrogen) atoms. The molecule has 1 aliphatic heterocycles. The summed E-state index contributed by atoms with van der Waals surface area (Å²) in [5.41, 5.74) is -1.38. The summed E-state index contributed by atoms with van der Waals surface area (Å²) in [5, 5.41) is 18.8. The Bertz CT molecular complexity index is 1270. The predicted octanol–water partition coefficient (Wildman–Crippen LogP) is 2.63. The van der Waals surface area contributed by atoms with Gasteiger partial charge < -0.3 is 10.2 Å². The first-order valence-corrected chi connectivity index (χ1v) is 9.36. The fraction of sp³-hybridized carbons (Fsp3) is 0.158. The van der Waals surface area contributed by atoms with Crippen molar-refractivity contribution in [3.05, 3.63) is 62.1 Å². The Kier molecular flexibility index (Phi) is 4.97. The molecule has 2 N–H and O–H groups in total. The lowest BCUT2D eigenvalue weighted by atomic mass is 10.1. The Morgan fingerprint density at radius 3 is 2.43 bits per heavy atom. The summed E-state index contributed by atoms with van der Waals surface area (Å²) in [6.07, 6.45) is 0.0720. The summed E-state index contributed by atoms with van der Waals surface area (Å²) in [4.78, 5) is 41.9. The van der Waals surface area contributed by atoms with Crippen LogP contribution in [0.3, 0.4) is 0 Å². The van der Waals surface area contributed by atoms with Crippen LogP contribution in [0.4, 0.5) is 10.2 Å². The molecule has 4 rings (SSSR count). The number of hydrogen-bond donors (Lipinski definition) is 2. The monoisotopic (exact) mass is 451 g/mol. The zero-order chi connectivity index (χ0) is 21.7. The number of pyridine rings is 2. The third-order valence-electron chi connectivity index (χ3n) is 4.67. The van der Waals surface area contributed by atoms with E-state index in [9.17, 15) is 29.0 Å². The van der Waals surface area contributed by atoms with Crippen molar-refractivity contribution in [1.82, 2.24) is 9.55 Å². The highest BCUT2D eigenvalue weighted by atomic mass is 35.5. The minimum Gasteiger partial charge on any atom is -0.477 e. The molecule has 3 aromatic rings. The maximum Gasteiger partial charge on any atom is 0.341 e. The first-order chi connectivity index (χ1) is 14.2. The van der Waals surface area contributed by atoms with Crippen LogP contribution in [0, 0.1) is 5.82 Å². The van der Waals surface area contributed by atoms with Gasteiger partial charge in [-0.1, -0.05) is 23.2 Å². The van der Waals surface area contributed by atoms with Crippen molar-refractivity contribution in [2.75, 3.05) is 11.4 Å². The minimum atomic E-state index is -1.48. The van der Waals surface area contributed by atoms with E-state index in [0.29, 0.717) is 0 Å². The fourth-order valence-electron chi connectivity index (χ4n) is 3.34. The second-order valence-electron chi connectivity index (χ2n) is 6.67. The van der Waals surface area contributed by atoms with Gasteiger partial charge in [-0.3, -0.25) is 19.1 Å². The van der Waals surface area contributed by atoms with Gasteiger partial charge in [-0.15, -0.1) is 0 Å². The Morgan fingerprint density at radius 2 is 1.87 bits per heavy atom. The molecule has 0 unspecified atom stereocenters. The number of aromatic carboxylic acids is 1. The van der Waals surface area contributed by atoms with Crippen LogP contribution in [0.5, 0.6) is 0 Å². The van der Waals surface area contributed by atoms with Crippen molar-refractivity contribution < 1.29 is 24.2 Å². The third kappa shape index (κ3) is 3.30. The van der Waals surface area contributed by atoms with Crippen molar-refractivity contribution >= 4 is 51.9 Å². The van der Waals surface area contributed by atoms with Gasteiger partial charge >= 0.3 is 5.97 Å². The van der Waals surface area contributed by atoms with Gasteiger partial charge in [0.05, 0.1) is 40.2 Å². The largest absolute Gasteiger partial charge is 0.477 e. The maximum absolute atomic E-state index is 13.7. The SMILES string of the molecule is O=C(O)c1cn(-c2c(Cl)cc(F)cc2Cl)c2nc(N3C[C@@H](O)CC3=O)ccc2c1=O. The number of nitrogens with zero attached hydrogens (tertiary/aromatic N) is 3. The van der Waals surface area contributed by atoms with Crippen molar-refractivity contribution in [3.63, 3.8) is 0 Å². The van der Waals surface area contributed by atoms with E-state index in [-0.39, 0.29) is 51.5 Å². The van der Waals surface area contributed by atoms with Gasteiger partial charge in [0, 0.05) is 6.20 Å². The second-order valence-corrected chi connectivity index (χ2v) is 7.48. The lowest BCUT2D eigenvalue weighted by Crippen LogP contribution is -2.27. The normalized spacial score (nSPS) is 16.5. The Morgan fingerprint density at radius 1 is 1.20 bits per heavy atom. The van der Waals surface area contributed by atoms with Crippen molar-refractivity contribution in [3.8, 4) is 5.69 Å². The molecule has 11 heteroatoms. The average molecular weight is 452 g/mol. The molecule has 3 heterocycles. The van der Waals surface area contributed by atoms with Gasteiger partial charge in [-0.2, -0.15) is 0 Å². The van der Waals surface area contributed by atoms with Crippen LogP contribution in [0.2, 0.25) is 10.0 Å². The van der Waals surface area contributed by atoms with Crippen LogP contribution < -0.4 is 10.3 Å². The highest BCUT2D eigenvalue weighted by Crippen LogP contribution is 2.32. The summed E-state index contributed by atoms with van der Waals surface area (Å²) in [7, 11) is 0. The van der Waals surface area contributed by atoms with E-state index in [4.69, 9.17) is 23.2 Å². The van der Waals surface area contributed by atoms with E-state index in [1.165, 1.54) is 21.6 Å². The smallest absolute Gasteiger partial charge is 0.341 e. The highest BCUT2D eigenvalue weighted by molar-refractivity contribution is 6.37. The number of carbonyl (C=O) groups is 2. The lowest BCUT2D eigenvalue weighted by Gasteiger charge is -2.18. The molecule has 1 atom stereocenters. The average Bonchev–Trinajstić information content (AvgIpc) is 3.00. The molecule has 1 aromatic carbocycles. The van der Waals surface area contributed by atoms with Gasteiger partial charge in [0.15, 0.2) is 5.65 Å². The number of aliphatic hydroxyl groups excluding tert-OH is 1. The molecule has 1 aliphatic rings. The number of benzene rings is 1. The van der Waals surface area contributed by atoms with Crippen LogP contribution >= 0.6 is 23.2 Å². The number of amides is 1. The number of carboxylic acid groups (broad SMARTS) is 1. The molecule has 1 saturated heterocycles. The van der Waals surface area contributed by atoms with Crippen LogP contribution in [0.15, 0.2) is 35.3 Å². The highest BCUT2D eigenvalue weighted by Gasteiger charge is 2.30. The molecule has 1 amide bonds. The number of fused-ring (bicyclic) bond motifs is 1. The van der Waals surface area contributed by atoms with E-state index < -0.39 is 28.9 Å². The van der Waals surface area contributed by atoms with E-state index in [1.54, 1.807) is 0 Å². The molecular weight excluding hydrogens is 440 g/mol. The van der Waals surface area contributed by atoms with Gasteiger partial charge in [0.25, 0.3) is 0 Å². The zero-order valence-electron chi connectivity index (χ0n) is 15.0. The summed E-state index contributed by atoms with van der Waals surface area (Å²) in [6.45, 7) is 0.0207. The standard InChI is InChI=1S/C19H12Cl2FN3O5/c20-12-3-8(22)4-13(21)16(12)25-7-11(19(29)30)17(28)10-1-2-14(23-18(10)25)24-6-9(26)5-15(24)27/h1-4,7,9,26H,5-6H2,(H,29,30)/t9-/m0/s1. The van der Waals surface area contributed by atoms with E-state index in [1.807, 2.05) is 0 Å². The number of hydrogen-bond acceptors (Lipinski definition) is 5. The maximum atomic E-state index is 13.7. The number of aromatic nitrogens is 2. The Hall–Kier alpha value is -3.01. The van der Waals surface area contributed by atoms with E-state index in [2.05, 4.69) is 4.98 Å². The van der Waals surface area contributed by atoms with E-state index >= 15 is 0 Å². The number of halogens is 3. The Balaban J connectivity index is 2.06. The second kappa shape index (κ2) is 7.35. The third-order valence-corrected chi connectivity index (χ3v) is 5.25. The molecule has 0 radical (unpaired) electrons. The van der Waals surface area contributed by atoms with Gasteiger partial charge in [-0.25, -0.2) is 14.2 Å². The lowest BCUT2D eigenvalue weighted by molar-refractivity contribution is -0.117. The number of β-amino-alcohol motifs (C(OH)–C–C–N with tert-alkyl or cyclic N) is 1. The predicted molar refractivity (Wildman–Crippen MR) is 107 cm³/mol. The molecule has 0 aliphatic carbocycles. The molecule has 154 valence electrons. The number of anilines is 1. The van der Waals surface area contributed by atoms with Gasteiger partial charge in [0.1, 0.15) is 17.2 Å². The fourth-order valence-corrected chi connectivity index (χ4v) is 3.98. The molecule has 2 aromatic heterocycles. The minimum absolute atomic E-state index is 0.0182. The first kappa shape index (κ1) is 20.3. The summed E-state index contributed by atoms with van der Waals surface area (Å²) < 4.78 is 14.8. The Labute approximate surface area is 177 Å². The zero-order valence-corrected chi connectivity index (χ0v) is 16.5. The van der Waals surface area contributed by atoms with Crippen LogP contribution in [-0.2, 0) is 4.79 Å². The van der Waals surface area contributed by atoms with Crippen LogP contribution in [-0.4, -0.2) is 44.3 Å². The number of carbonyl (C=O) groups excluding carboxylic acids is 1. The number of carboxylic acids is 1. The number of rotatable bonds is 3.